The fourth-order valence-electron chi connectivity index (χ4n) is 3.39. The number of nitrogens with one attached hydrogen (secondary N) is 1. The topological polar surface area (TPSA) is 87.4 Å². The fourth-order valence-corrected chi connectivity index (χ4v) is 3.39. The maximum atomic E-state index is 13.1. The molecule has 2 aromatic heterocycles. The molecule has 0 bridgehead atoms. The second-order valence-electron chi connectivity index (χ2n) is 7.03. The molecule has 31 heavy (non-hydrogen) atoms. The van der Waals surface area contributed by atoms with Crippen LogP contribution in [0.25, 0.3) is 16.7 Å². The predicted octanol–water partition coefficient (Wildman–Crippen LogP) is 3.15. The van der Waals surface area contributed by atoms with E-state index in [1.54, 1.807) is 41.2 Å². The second-order valence-corrected chi connectivity index (χ2v) is 7.03. The van der Waals surface area contributed by atoms with Gasteiger partial charge in [-0.15, -0.1) is 0 Å². The Morgan fingerprint density at radius 1 is 1.03 bits per heavy atom. The molecule has 0 aliphatic rings. The van der Waals surface area contributed by atoms with Crippen LogP contribution in [0.1, 0.15) is 5.56 Å². The number of benzene rings is 2. The summed E-state index contributed by atoms with van der Waals surface area (Å²) < 4.78 is 13.6. The first kappa shape index (κ1) is 20.2. The Morgan fingerprint density at radius 3 is 2.35 bits per heavy atom. The molecule has 4 aromatic rings. The zero-order valence-electron chi connectivity index (χ0n) is 17.5. The average molecular weight is 418 g/mol. The van der Waals surface area contributed by atoms with Crippen molar-refractivity contribution in [2.45, 2.75) is 13.5 Å². The Balaban J connectivity index is 1.73. The summed E-state index contributed by atoms with van der Waals surface area (Å²) in [5.74, 6) is 0.789. The summed E-state index contributed by atoms with van der Waals surface area (Å²) in [6, 6.07) is 16.0. The summed E-state index contributed by atoms with van der Waals surface area (Å²) in [6.07, 6.45) is 1.60. The molecule has 0 saturated carbocycles. The van der Waals surface area contributed by atoms with Gasteiger partial charge in [-0.05, 0) is 31.2 Å². The minimum atomic E-state index is -0.321. The van der Waals surface area contributed by atoms with E-state index in [-0.39, 0.29) is 18.0 Å². The number of rotatable bonds is 6. The first-order chi connectivity index (χ1) is 15.0. The van der Waals surface area contributed by atoms with Crippen LogP contribution in [-0.4, -0.2) is 34.5 Å². The number of carbonyl (C=O) groups is 1. The van der Waals surface area contributed by atoms with Crippen molar-refractivity contribution in [1.29, 1.82) is 0 Å². The zero-order valence-corrected chi connectivity index (χ0v) is 17.5. The van der Waals surface area contributed by atoms with Gasteiger partial charge in [-0.25, -0.2) is 9.67 Å². The first-order valence-corrected chi connectivity index (χ1v) is 9.66. The summed E-state index contributed by atoms with van der Waals surface area (Å²) in [7, 11) is 3.08. The van der Waals surface area contributed by atoms with E-state index >= 15 is 0 Å². The van der Waals surface area contributed by atoms with E-state index in [0.29, 0.717) is 33.9 Å². The van der Waals surface area contributed by atoms with Crippen molar-refractivity contribution in [2.24, 2.45) is 0 Å². The number of methoxy groups -OCH3 is 2. The van der Waals surface area contributed by atoms with E-state index in [4.69, 9.17) is 9.47 Å². The van der Waals surface area contributed by atoms with Crippen LogP contribution in [0.2, 0.25) is 0 Å². The van der Waals surface area contributed by atoms with Crippen LogP contribution in [0.15, 0.2) is 65.6 Å². The monoisotopic (exact) mass is 418 g/mol. The number of hydrogen-bond acceptors (Lipinski definition) is 5. The van der Waals surface area contributed by atoms with Gasteiger partial charge in [-0.2, -0.15) is 0 Å². The third-order valence-corrected chi connectivity index (χ3v) is 4.90. The lowest BCUT2D eigenvalue weighted by molar-refractivity contribution is -0.116. The number of amides is 1. The number of hydrogen-bond donors (Lipinski definition) is 1. The molecule has 8 nitrogen and oxygen atoms in total. The SMILES string of the molecule is COc1cc(NC(=O)Cn2c3ncccc3c(=O)n2-c2ccc(C)cc2)cc(OC)c1. The normalized spacial score (nSPS) is 10.8. The highest BCUT2D eigenvalue weighted by molar-refractivity contribution is 5.92. The van der Waals surface area contributed by atoms with Gasteiger partial charge in [0.2, 0.25) is 5.91 Å². The zero-order chi connectivity index (χ0) is 22.0. The van der Waals surface area contributed by atoms with Crippen molar-refractivity contribution >= 4 is 22.6 Å². The molecule has 0 radical (unpaired) electrons. The van der Waals surface area contributed by atoms with Crippen molar-refractivity contribution < 1.29 is 14.3 Å². The third kappa shape index (κ3) is 4.00. The molecule has 4 rings (SSSR count). The molecule has 2 aromatic carbocycles. The highest BCUT2D eigenvalue weighted by Crippen LogP contribution is 2.26. The van der Waals surface area contributed by atoms with Crippen LogP contribution in [0.4, 0.5) is 5.69 Å². The van der Waals surface area contributed by atoms with E-state index in [0.717, 1.165) is 5.56 Å². The summed E-state index contributed by atoms with van der Waals surface area (Å²) in [6.45, 7) is 1.86. The van der Waals surface area contributed by atoms with Gasteiger partial charge >= 0.3 is 0 Å². The number of fused-ring (bicyclic) bond motifs is 1. The highest BCUT2D eigenvalue weighted by Gasteiger charge is 2.18. The van der Waals surface area contributed by atoms with Crippen LogP contribution in [0, 0.1) is 6.92 Å². The highest BCUT2D eigenvalue weighted by atomic mass is 16.5. The summed E-state index contributed by atoms with van der Waals surface area (Å²) in [5, 5.41) is 3.28. The number of anilines is 1. The van der Waals surface area contributed by atoms with Gasteiger partial charge in [0.05, 0.1) is 25.3 Å². The Kier molecular flexibility index (Phi) is 5.44. The smallest absolute Gasteiger partial charge is 0.280 e. The molecule has 1 amide bonds. The molecule has 1 N–H and O–H groups in total. The molecule has 0 aliphatic carbocycles. The molecule has 0 fully saturated rings. The van der Waals surface area contributed by atoms with E-state index in [9.17, 15) is 9.59 Å². The van der Waals surface area contributed by atoms with Gasteiger partial charge < -0.3 is 14.8 Å². The van der Waals surface area contributed by atoms with E-state index in [1.165, 1.54) is 18.9 Å². The minimum Gasteiger partial charge on any atom is -0.497 e. The van der Waals surface area contributed by atoms with Crippen LogP contribution >= 0.6 is 0 Å². The van der Waals surface area contributed by atoms with Gasteiger partial charge in [0, 0.05) is 30.1 Å². The lowest BCUT2D eigenvalue weighted by atomic mass is 10.2. The standard InChI is InChI=1S/C23H22N4O4/c1-15-6-8-17(9-7-15)27-23(29)20-5-4-10-24-22(20)26(27)14-21(28)25-16-11-18(30-2)13-19(12-16)31-3/h4-13H,14H2,1-3H3,(H,25,28). The first-order valence-electron chi connectivity index (χ1n) is 9.66. The average Bonchev–Trinajstić information content (AvgIpc) is 3.05. The number of nitrogens with zero attached hydrogens (tertiary/aromatic N) is 3. The van der Waals surface area contributed by atoms with Gasteiger partial charge in [-0.1, -0.05) is 17.7 Å². The second kappa shape index (κ2) is 8.35. The molecule has 0 saturated heterocycles. The summed E-state index contributed by atoms with van der Waals surface area (Å²) >= 11 is 0. The Bertz CT molecular complexity index is 1280. The van der Waals surface area contributed by atoms with Crippen LogP contribution < -0.4 is 20.3 Å². The number of pyridine rings is 1. The molecule has 0 aliphatic heterocycles. The van der Waals surface area contributed by atoms with Crippen LogP contribution in [-0.2, 0) is 11.3 Å². The van der Waals surface area contributed by atoms with Crippen molar-refractivity contribution in [3.63, 3.8) is 0 Å². The Morgan fingerprint density at radius 2 is 1.71 bits per heavy atom. The lowest BCUT2D eigenvalue weighted by Gasteiger charge is -2.14. The third-order valence-electron chi connectivity index (χ3n) is 4.90. The number of aryl methyl sites for hydroxylation is 1. The van der Waals surface area contributed by atoms with Gasteiger partial charge in [0.15, 0.2) is 5.65 Å². The maximum Gasteiger partial charge on any atom is 0.280 e. The molecule has 0 unspecified atom stereocenters. The van der Waals surface area contributed by atoms with Crippen molar-refractivity contribution in [2.75, 3.05) is 19.5 Å². The molecule has 0 atom stereocenters. The van der Waals surface area contributed by atoms with Crippen LogP contribution in [0.5, 0.6) is 11.5 Å². The molecular formula is C23H22N4O4. The van der Waals surface area contributed by atoms with E-state index in [1.807, 2.05) is 31.2 Å². The molecular weight excluding hydrogens is 396 g/mol. The van der Waals surface area contributed by atoms with Crippen molar-refractivity contribution in [3.05, 3.63) is 76.7 Å². The number of ether oxygens (including phenoxy) is 2. The summed E-state index contributed by atoms with van der Waals surface area (Å²) in [4.78, 5) is 30.3. The van der Waals surface area contributed by atoms with Crippen molar-refractivity contribution in [1.82, 2.24) is 14.3 Å². The molecule has 158 valence electrons. The Labute approximate surface area is 178 Å². The van der Waals surface area contributed by atoms with E-state index in [2.05, 4.69) is 10.3 Å². The number of aromatic nitrogens is 3. The van der Waals surface area contributed by atoms with Gasteiger partial charge in [0.25, 0.3) is 5.56 Å². The number of carbonyl (C=O) groups excluding carboxylic acids is 1. The molecule has 2 heterocycles. The quantitative estimate of drug-likeness (QED) is 0.520. The summed E-state index contributed by atoms with van der Waals surface area (Å²) in [5.41, 5.74) is 2.45. The lowest BCUT2D eigenvalue weighted by Crippen LogP contribution is -2.27. The van der Waals surface area contributed by atoms with Gasteiger partial charge in [-0.3, -0.25) is 14.3 Å². The molecule has 8 heteroatoms. The maximum absolute atomic E-state index is 13.1. The predicted molar refractivity (Wildman–Crippen MR) is 118 cm³/mol. The van der Waals surface area contributed by atoms with Gasteiger partial charge in [0.1, 0.15) is 18.0 Å². The van der Waals surface area contributed by atoms with E-state index < -0.39 is 0 Å². The Hall–Kier alpha value is -4.07. The molecule has 0 spiro atoms. The largest absolute Gasteiger partial charge is 0.497 e. The minimum absolute atomic E-state index is 0.108. The van der Waals surface area contributed by atoms with Crippen molar-refractivity contribution in [3.8, 4) is 17.2 Å². The fraction of sp³-hybridized carbons (Fsp3) is 0.174. The van der Waals surface area contributed by atoms with Crippen LogP contribution in [0.3, 0.4) is 0 Å².